The molecule has 1 heterocycles. The van der Waals surface area contributed by atoms with Crippen LogP contribution in [0.5, 0.6) is 0 Å². The zero-order valence-electron chi connectivity index (χ0n) is 14.3. The van der Waals surface area contributed by atoms with Crippen LogP contribution in [0.4, 0.5) is 4.79 Å². The number of nitrogens with one attached hydrogen (secondary N) is 2. The number of rotatable bonds is 5. The van der Waals surface area contributed by atoms with Crippen LogP contribution in [0.25, 0.3) is 0 Å². The first-order chi connectivity index (χ1) is 11.4. The second kappa shape index (κ2) is 8.77. The number of sulfonamides is 1. The number of carbonyl (C=O) groups is 2. The molecule has 1 aliphatic heterocycles. The minimum absolute atomic E-state index is 0.0921. The molecular weight excluding hydrogens is 332 g/mol. The highest BCUT2D eigenvalue weighted by Crippen LogP contribution is 2.17. The van der Waals surface area contributed by atoms with Crippen molar-refractivity contribution in [3.05, 3.63) is 0 Å². The van der Waals surface area contributed by atoms with Crippen molar-refractivity contribution in [2.24, 2.45) is 0 Å². The summed E-state index contributed by atoms with van der Waals surface area (Å²) in [6, 6.07) is -0.270. The van der Waals surface area contributed by atoms with Gasteiger partial charge in [-0.1, -0.05) is 19.3 Å². The quantitative estimate of drug-likeness (QED) is 0.725. The van der Waals surface area contributed by atoms with Crippen LogP contribution in [0, 0.1) is 0 Å². The van der Waals surface area contributed by atoms with Gasteiger partial charge in [-0.2, -0.15) is 4.31 Å². The molecule has 9 heteroatoms. The van der Waals surface area contributed by atoms with Gasteiger partial charge in [-0.15, -0.1) is 0 Å². The minimum Gasteiger partial charge on any atom is -0.335 e. The van der Waals surface area contributed by atoms with Gasteiger partial charge in [0.15, 0.2) is 0 Å². The maximum atomic E-state index is 12.0. The Kier molecular flexibility index (Phi) is 7.00. The Morgan fingerprint density at radius 1 is 1.04 bits per heavy atom. The Morgan fingerprint density at radius 3 is 2.25 bits per heavy atom. The van der Waals surface area contributed by atoms with Gasteiger partial charge in [-0.25, -0.2) is 13.2 Å². The third-order valence-electron chi connectivity index (χ3n) is 4.65. The summed E-state index contributed by atoms with van der Waals surface area (Å²) in [6.45, 7) is 3.50. The van der Waals surface area contributed by atoms with Gasteiger partial charge < -0.3 is 5.32 Å². The summed E-state index contributed by atoms with van der Waals surface area (Å²) >= 11 is 0. The van der Waals surface area contributed by atoms with Gasteiger partial charge in [0, 0.05) is 32.2 Å². The predicted octanol–water partition coefficient (Wildman–Crippen LogP) is 0.112. The van der Waals surface area contributed by atoms with Gasteiger partial charge in [-0.3, -0.25) is 15.0 Å². The van der Waals surface area contributed by atoms with Crippen molar-refractivity contribution in [3.63, 3.8) is 0 Å². The standard InChI is InChI=1S/C15H28N4O4S/c1-2-24(22,23)19-10-8-18(9-11-19)12-14(20)17-15(21)16-13-6-4-3-5-7-13/h13H,2-12H2,1H3,(H2,16,17,20,21). The zero-order valence-corrected chi connectivity index (χ0v) is 15.1. The molecule has 1 aliphatic carbocycles. The van der Waals surface area contributed by atoms with Crippen molar-refractivity contribution in [3.8, 4) is 0 Å². The predicted molar refractivity (Wildman–Crippen MR) is 91.0 cm³/mol. The van der Waals surface area contributed by atoms with Gasteiger partial charge >= 0.3 is 6.03 Å². The summed E-state index contributed by atoms with van der Waals surface area (Å²) in [7, 11) is -3.17. The molecule has 138 valence electrons. The molecule has 0 aromatic carbocycles. The minimum atomic E-state index is -3.17. The first kappa shape index (κ1) is 19.1. The number of urea groups is 1. The molecule has 2 aliphatic rings. The van der Waals surface area contributed by atoms with Crippen LogP contribution in [0.3, 0.4) is 0 Å². The maximum absolute atomic E-state index is 12.0. The number of carbonyl (C=O) groups excluding carboxylic acids is 2. The van der Waals surface area contributed by atoms with Gasteiger partial charge in [0.1, 0.15) is 0 Å². The second-order valence-corrected chi connectivity index (χ2v) is 8.69. The van der Waals surface area contributed by atoms with Crippen LogP contribution in [0.15, 0.2) is 0 Å². The van der Waals surface area contributed by atoms with Crippen molar-refractivity contribution >= 4 is 22.0 Å². The van der Waals surface area contributed by atoms with E-state index < -0.39 is 16.1 Å². The van der Waals surface area contributed by atoms with Crippen molar-refractivity contribution in [2.75, 3.05) is 38.5 Å². The molecule has 2 rings (SSSR count). The summed E-state index contributed by atoms with van der Waals surface area (Å²) < 4.78 is 25.0. The number of imide groups is 1. The monoisotopic (exact) mass is 360 g/mol. The number of hydrogen-bond donors (Lipinski definition) is 2. The van der Waals surface area contributed by atoms with Crippen LogP contribution < -0.4 is 10.6 Å². The first-order valence-corrected chi connectivity index (χ1v) is 10.3. The lowest BCUT2D eigenvalue weighted by Gasteiger charge is -2.33. The lowest BCUT2D eigenvalue weighted by Crippen LogP contribution is -2.53. The van der Waals surface area contributed by atoms with Crippen molar-refractivity contribution in [1.82, 2.24) is 19.8 Å². The highest BCUT2D eigenvalue weighted by Gasteiger charge is 2.26. The molecule has 0 radical (unpaired) electrons. The normalized spacial score (nSPS) is 21.4. The fourth-order valence-corrected chi connectivity index (χ4v) is 4.27. The molecule has 2 N–H and O–H groups in total. The Bertz CT molecular complexity index is 538. The van der Waals surface area contributed by atoms with E-state index in [1.807, 2.05) is 4.90 Å². The number of hydrogen-bond acceptors (Lipinski definition) is 5. The molecular formula is C15H28N4O4S. The highest BCUT2D eigenvalue weighted by atomic mass is 32.2. The van der Waals surface area contributed by atoms with Crippen LogP contribution in [0.2, 0.25) is 0 Å². The average Bonchev–Trinajstić information content (AvgIpc) is 2.56. The molecule has 8 nitrogen and oxygen atoms in total. The van der Waals surface area contributed by atoms with Crippen molar-refractivity contribution < 1.29 is 18.0 Å². The Hall–Kier alpha value is -1.19. The number of amides is 3. The van der Waals surface area contributed by atoms with Gasteiger partial charge in [0.2, 0.25) is 15.9 Å². The SMILES string of the molecule is CCS(=O)(=O)N1CCN(CC(=O)NC(=O)NC2CCCCC2)CC1. The van der Waals surface area contributed by atoms with Gasteiger partial charge in [0.25, 0.3) is 0 Å². The summed E-state index contributed by atoms with van der Waals surface area (Å²) in [5.74, 6) is -0.260. The van der Waals surface area contributed by atoms with E-state index in [2.05, 4.69) is 10.6 Å². The van der Waals surface area contributed by atoms with E-state index in [-0.39, 0.29) is 24.2 Å². The molecule has 24 heavy (non-hydrogen) atoms. The van der Waals surface area contributed by atoms with E-state index in [4.69, 9.17) is 0 Å². The molecule has 0 aromatic heterocycles. The third-order valence-corrected chi connectivity index (χ3v) is 6.53. The zero-order chi connectivity index (χ0) is 17.6. The number of piperazine rings is 1. The van der Waals surface area contributed by atoms with Crippen LogP contribution in [-0.2, 0) is 14.8 Å². The van der Waals surface area contributed by atoms with Crippen LogP contribution in [0.1, 0.15) is 39.0 Å². The number of nitrogens with zero attached hydrogens (tertiary/aromatic N) is 2. The van der Waals surface area contributed by atoms with Gasteiger partial charge in [-0.05, 0) is 19.8 Å². The van der Waals surface area contributed by atoms with Crippen LogP contribution >= 0.6 is 0 Å². The van der Waals surface area contributed by atoms with Gasteiger partial charge in [0.05, 0.1) is 12.3 Å². The van der Waals surface area contributed by atoms with E-state index in [1.54, 1.807) is 6.92 Å². The fourth-order valence-electron chi connectivity index (χ4n) is 3.19. The molecule has 0 spiro atoms. The smallest absolute Gasteiger partial charge is 0.321 e. The van der Waals surface area contributed by atoms with Crippen molar-refractivity contribution in [2.45, 2.75) is 45.1 Å². The van der Waals surface area contributed by atoms with E-state index >= 15 is 0 Å². The van der Waals surface area contributed by atoms with E-state index in [0.29, 0.717) is 26.2 Å². The van der Waals surface area contributed by atoms with E-state index in [1.165, 1.54) is 10.7 Å². The molecule has 3 amide bonds. The highest BCUT2D eigenvalue weighted by molar-refractivity contribution is 7.89. The Labute approximate surface area is 144 Å². The topological polar surface area (TPSA) is 98.8 Å². The molecule has 0 bridgehead atoms. The summed E-state index contributed by atoms with van der Waals surface area (Å²) in [5, 5.41) is 5.21. The average molecular weight is 360 g/mol. The molecule has 0 unspecified atom stereocenters. The molecule has 1 saturated carbocycles. The molecule has 0 atom stereocenters. The van der Waals surface area contributed by atoms with Crippen LogP contribution in [-0.4, -0.2) is 74.1 Å². The van der Waals surface area contributed by atoms with E-state index in [9.17, 15) is 18.0 Å². The first-order valence-electron chi connectivity index (χ1n) is 8.71. The van der Waals surface area contributed by atoms with E-state index in [0.717, 1.165) is 25.7 Å². The second-order valence-electron chi connectivity index (χ2n) is 6.43. The summed E-state index contributed by atoms with van der Waals surface area (Å²) in [5.41, 5.74) is 0. The Morgan fingerprint density at radius 2 is 1.67 bits per heavy atom. The largest absolute Gasteiger partial charge is 0.335 e. The Balaban J connectivity index is 1.68. The molecule has 2 fully saturated rings. The maximum Gasteiger partial charge on any atom is 0.321 e. The molecule has 0 aromatic rings. The van der Waals surface area contributed by atoms with Crippen molar-refractivity contribution in [1.29, 1.82) is 0 Å². The fraction of sp³-hybridized carbons (Fsp3) is 0.867. The third kappa shape index (κ3) is 5.71. The lowest BCUT2D eigenvalue weighted by molar-refractivity contribution is -0.121. The molecule has 1 saturated heterocycles. The summed E-state index contributed by atoms with van der Waals surface area (Å²) in [4.78, 5) is 25.7. The lowest BCUT2D eigenvalue weighted by atomic mass is 9.96. The summed E-state index contributed by atoms with van der Waals surface area (Å²) in [6.07, 6.45) is 5.37.